The quantitative estimate of drug-likeness (QED) is 0.383. The molecule has 0 saturated heterocycles. The van der Waals surface area contributed by atoms with Crippen molar-refractivity contribution < 1.29 is 23.7 Å². The third-order valence-electron chi connectivity index (χ3n) is 5.56. The van der Waals surface area contributed by atoms with Crippen molar-refractivity contribution in [3.63, 3.8) is 0 Å². The lowest BCUT2D eigenvalue weighted by molar-refractivity contribution is 0.221. The Morgan fingerprint density at radius 1 is 0.848 bits per heavy atom. The highest BCUT2D eigenvalue weighted by atomic mass is 16.5. The largest absolute Gasteiger partial charge is 0.497 e. The summed E-state index contributed by atoms with van der Waals surface area (Å²) < 4.78 is 22.7. The van der Waals surface area contributed by atoms with Gasteiger partial charge in [-0.3, -0.25) is 0 Å². The number of hydrogen-bond acceptors (Lipinski definition) is 6. The zero-order valence-corrected chi connectivity index (χ0v) is 19.4. The Kier molecular flexibility index (Phi) is 6.87. The van der Waals surface area contributed by atoms with E-state index in [1.807, 2.05) is 80.8 Å². The standard InChI is InChI=1S/C27H29NO5/c1-28(2)15-16-32-21-11-5-18(6-12-21)26(29)25-23-14-13-22(31-4)17-24(23)33-27(25)19-7-9-20(30-3)10-8-19/h5-14,17,26,29H,15-16H2,1-4H3. The minimum Gasteiger partial charge on any atom is -0.497 e. The van der Waals surface area contributed by atoms with Gasteiger partial charge in [0.2, 0.25) is 0 Å². The van der Waals surface area contributed by atoms with Gasteiger partial charge < -0.3 is 28.6 Å². The molecule has 4 aromatic rings. The van der Waals surface area contributed by atoms with Gasteiger partial charge in [-0.15, -0.1) is 0 Å². The molecule has 0 fully saturated rings. The van der Waals surface area contributed by atoms with Crippen LogP contribution in [-0.2, 0) is 0 Å². The van der Waals surface area contributed by atoms with Crippen molar-refractivity contribution in [1.82, 2.24) is 4.90 Å². The molecule has 1 N–H and O–H groups in total. The number of furan rings is 1. The summed E-state index contributed by atoms with van der Waals surface area (Å²) in [6.45, 7) is 1.44. The average molecular weight is 448 g/mol. The predicted octanol–water partition coefficient (Wildman–Crippen LogP) is 5.14. The van der Waals surface area contributed by atoms with Gasteiger partial charge in [-0.2, -0.15) is 0 Å². The Labute approximate surface area is 193 Å². The highest BCUT2D eigenvalue weighted by Crippen LogP contribution is 2.41. The van der Waals surface area contributed by atoms with Crippen LogP contribution in [0.4, 0.5) is 0 Å². The van der Waals surface area contributed by atoms with Crippen LogP contribution in [0, 0.1) is 0 Å². The van der Waals surface area contributed by atoms with Crippen molar-refractivity contribution in [2.45, 2.75) is 6.10 Å². The van der Waals surface area contributed by atoms with E-state index in [-0.39, 0.29) is 0 Å². The average Bonchev–Trinajstić information content (AvgIpc) is 3.22. The molecule has 6 heteroatoms. The van der Waals surface area contributed by atoms with Gasteiger partial charge in [0.1, 0.15) is 41.3 Å². The van der Waals surface area contributed by atoms with E-state index in [0.717, 1.165) is 34.6 Å². The van der Waals surface area contributed by atoms with E-state index in [1.165, 1.54) is 0 Å². The molecule has 0 spiro atoms. The summed E-state index contributed by atoms with van der Waals surface area (Å²) in [5, 5.41) is 12.3. The molecule has 0 amide bonds. The summed E-state index contributed by atoms with van der Waals surface area (Å²) in [7, 11) is 7.26. The summed E-state index contributed by atoms with van der Waals surface area (Å²) in [4.78, 5) is 2.07. The number of benzene rings is 3. The normalized spacial score (nSPS) is 12.2. The van der Waals surface area contributed by atoms with Gasteiger partial charge >= 0.3 is 0 Å². The predicted molar refractivity (Wildman–Crippen MR) is 129 cm³/mol. The maximum Gasteiger partial charge on any atom is 0.141 e. The van der Waals surface area contributed by atoms with Crippen LogP contribution in [-0.4, -0.2) is 51.5 Å². The van der Waals surface area contributed by atoms with E-state index in [4.69, 9.17) is 18.6 Å². The Hall–Kier alpha value is -3.48. The van der Waals surface area contributed by atoms with E-state index in [2.05, 4.69) is 4.90 Å². The first-order valence-electron chi connectivity index (χ1n) is 10.8. The zero-order chi connectivity index (χ0) is 23.4. The molecule has 4 rings (SSSR count). The van der Waals surface area contributed by atoms with Crippen LogP contribution >= 0.6 is 0 Å². The Morgan fingerprint density at radius 2 is 1.48 bits per heavy atom. The lowest BCUT2D eigenvalue weighted by Gasteiger charge is -2.14. The minimum absolute atomic E-state index is 0.602. The number of aliphatic hydroxyl groups excluding tert-OH is 1. The molecule has 1 aromatic heterocycles. The highest BCUT2D eigenvalue weighted by Gasteiger charge is 2.24. The third kappa shape index (κ3) is 4.97. The fraction of sp³-hybridized carbons (Fsp3) is 0.259. The second kappa shape index (κ2) is 9.98. The number of likely N-dealkylation sites (N-methyl/N-ethyl adjacent to an activating group) is 1. The van der Waals surface area contributed by atoms with E-state index >= 15 is 0 Å². The second-order valence-electron chi connectivity index (χ2n) is 8.06. The van der Waals surface area contributed by atoms with E-state index in [0.29, 0.717) is 29.3 Å². The first-order valence-corrected chi connectivity index (χ1v) is 10.8. The van der Waals surface area contributed by atoms with Crippen molar-refractivity contribution in [3.05, 3.63) is 77.9 Å². The first kappa shape index (κ1) is 22.7. The molecule has 33 heavy (non-hydrogen) atoms. The second-order valence-corrected chi connectivity index (χ2v) is 8.06. The fourth-order valence-corrected chi connectivity index (χ4v) is 3.71. The number of ether oxygens (including phenoxy) is 3. The SMILES string of the molecule is COc1ccc(-c2oc3cc(OC)ccc3c2C(O)c2ccc(OCCN(C)C)cc2)cc1. The first-order chi connectivity index (χ1) is 16.0. The lowest BCUT2D eigenvalue weighted by Crippen LogP contribution is -2.19. The van der Waals surface area contributed by atoms with Gasteiger partial charge in [0.05, 0.1) is 14.2 Å². The molecular formula is C27H29NO5. The number of aliphatic hydroxyl groups is 1. The van der Waals surface area contributed by atoms with Crippen LogP contribution < -0.4 is 14.2 Å². The van der Waals surface area contributed by atoms with Gasteiger partial charge in [0, 0.05) is 29.1 Å². The van der Waals surface area contributed by atoms with Crippen LogP contribution in [0.25, 0.3) is 22.3 Å². The fourth-order valence-electron chi connectivity index (χ4n) is 3.71. The summed E-state index contributed by atoms with van der Waals surface area (Å²) in [6, 6.07) is 20.7. The summed E-state index contributed by atoms with van der Waals surface area (Å²) in [6.07, 6.45) is -0.882. The van der Waals surface area contributed by atoms with Crippen LogP contribution in [0.5, 0.6) is 17.2 Å². The van der Waals surface area contributed by atoms with Crippen LogP contribution in [0.2, 0.25) is 0 Å². The highest BCUT2D eigenvalue weighted by molar-refractivity contribution is 5.90. The molecule has 172 valence electrons. The van der Waals surface area contributed by atoms with Gasteiger partial charge in [-0.25, -0.2) is 0 Å². The smallest absolute Gasteiger partial charge is 0.141 e. The molecule has 0 radical (unpaired) electrons. The van der Waals surface area contributed by atoms with Gasteiger partial charge in [-0.1, -0.05) is 12.1 Å². The maximum atomic E-state index is 11.4. The summed E-state index contributed by atoms with van der Waals surface area (Å²) in [5.74, 6) is 2.82. The van der Waals surface area contributed by atoms with E-state index in [9.17, 15) is 5.11 Å². The molecule has 1 atom stereocenters. The third-order valence-corrected chi connectivity index (χ3v) is 5.56. The van der Waals surface area contributed by atoms with Crippen molar-refractivity contribution in [1.29, 1.82) is 0 Å². The van der Waals surface area contributed by atoms with Crippen molar-refractivity contribution in [3.8, 4) is 28.6 Å². The van der Waals surface area contributed by atoms with Crippen LogP contribution in [0.3, 0.4) is 0 Å². The lowest BCUT2D eigenvalue weighted by atomic mass is 9.96. The molecule has 6 nitrogen and oxygen atoms in total. The molecular weight excluding hydrogens is 418 g/mol. The van der Waals surface area contributed by atoms with Crippen molar-refractivity contribution in [2.75, 3.05) is 41.5 Å². The molecule has 0 saturated carbocycles. The maximum absolute atomic E-state index is 11.4. The Bertz CT molecular complexity index is 1200. The van der Waals surface area contributed by atoms with Gasteiger partial charge in [0.25, 0.3) is 0 Å². The van der Waals surface area contributed by atoms with Crippen LogP contribution in [0.15, 0.2) is 71.1 Å². The number of rotatable bonds is 9. The molecule has 0 bridgehead atoms. The van der Waals surface area contributed by atoms with E-state index in [1.54, 1.807) is 14.2 Å². The molecule has 0 aliphatic rings. The number of fused-ring (bicyclic) bond motifs is 1. The van der Waals surface area contributed by atoms with Gasteiger partial charge in [-0.05, 0) is 68.2 Å². The topological polar surface area (TPSA) is 64.3 Å². The number of nitrogens with zero attached hydrogens (tertiary/aromatic N) is 1. The minimum atomic E-state index is -0.882. The molecule has 1 unspecified atom stereocenters. The summed E-state index contributed by atoms with van der Waals surface area (Å²) in [5.41, 5.74) is 2.96. The number of methoxy groups -OCH3 is 2. The zero-order valence-electron chi connectivity index (χ0n) is 19.4. The summed E-state index contributed by atoms with van der Waals surface area (Å²) >= 11 is 0. The molecule has 3 aromatic carbocycles. The van der Waals surface area contributed by atoms with Crippen LogP contribution in [0.1, 0.15) is 17.2 Å². The van der Waals surface area contributed by atoms with Gasteiger partial charge in [0.15, 0.2) is 0 Å². The Morgan fingerprint density at radius 3 is 2.12 bits per heavy atom. The molecule has 0 aliphatic carbocycles. The monoisotopic (exact) mass is 447 g/mol. The van der Waals surface area contributed by atoms with Crippen molar-refractivity contribution in [2.24, 2.45) is 0 Å². The van der Waals surface area contributed by atoms with E-state index < -0.39 is 6.10 Å². The van der Waals surface area contributed by atoms with Crippen molar-refractivity contribution >= 4 is 11.0 Å². The Balaban J connectivity index is 1.71. The number of hydrogen-bond donors (Lipinski definition) is 1. The molecule has 1 heterocycles. The molecule has 0 aliphatic heterocycles.